The summed E-state index contributed by atoms with van der Waals surface area (Å²) in [6.07, 6.45) is 4.89. The van der Waals surface area contributed by atoms with Gasteiger partial charge in [0, 0.05) is 5.92 Å². The first kappa shape index (κ1) is 11.0. The molecule has 1 aliphatic rings. The summed E-state index contributed by atoms with van der Waals surface area (Å²) in [4.78, 5) is 0. The van der Waals surface area contributed by atoms with E-state index >= 15 is 0 Å². The molecule has 1 heterocycles. The van der Waals surface area contributed by atoms with Gasteiger partial charge in [-0.3, -0.25) is 0 Å². The molecule has 0 aliphatic heterocycles. The second-order valence-corrected chi connectivity index (χ2v) is 5.21. The van der Waals surface area contributed by atoms with Crippen molar-refractivity contribution in [3.05, 3.63) is 10.0 Å². The zero-order chi connectivity index (χ0) is 10.7. The molecule has 0 aromatic carbocycles. The number of hydrogen-bond acceptors (Lipinski definition) is 4. The zero-order valence-corrected chi connectivity index (χ0v) is 10.3. The van der Waals surface area contributed by atoms with Gasteiger partial charge >= 0.3 is 0 Å². The van der Waals surface area contributed by atoms with Crippen molar-refractivity contribution < 1.29 is 0 Å². The van der Waals surface area contributed by atoms with Crippen LogP contribution in [0.5, 0.6) is 0 Å². The molecule has 0 amide bonds. The maximum Gasteiger partial charge on any atom is 0.134 e. The monoisotopic (exact) mass is 225 g/mol. The van der Waals surface area contributed by atoms with Crippen LogP contribution in [0.1, 0.15) is 61.5 Å². The minimum absolute atomic E-state index is 0.412. The smallest absolute Gasteiger partial charge is 0.134 e. The van der Waals surface area contributed by atoms with Gasteiger partial charge in [-0.2, -0.15) is 0 Å². The van der Waals surface area contributed by atoms with Crippen molar-refractivity contribution in [1.29, 1.82) is 0 Å². The van der Waals surface area contributed by atoms with Gasteiger partial charge in [0.05, 0.1) is 6.04 Å². The number of nitrogens with zero attached hydrogens (tertiary/aromatic N) is 2. The molecule has 0 radical (unpaired) electrons. The average Bonchev–Trinajstić information content (AvgIpc) is 3.00. The van der Waals surface area contributed by atoms with Crippen LogP contribution in [0.2, 0.25) is 0 Å². The Labute approximate surface area is 95.3 Å². The first-order valence-corrected chi connectivity index (χ1v) is 6.73. The summed E-state index contributed by atoms with van der Waals surface area (Å²) < 4.78 is 0. The fourth-order valence-electron chi connectivity index (χ4n) is 1.61. The van der Waals surface area contributed by atoms with Crippen molar-refractivity contribution in [2.75, 3.05) is 6.54 Å². The third kappa shape index (κ3) is 2.75. The lowest BCUT2D eigenvalue weighted by Gasteiger charge is -2.12. The molecule has 1 aromatic heterocycles. The molecule has 15 heavy (non-hydrogen) atoms. The molecule has 1 aromatic rings. The van der Waals surface area contributed by atoms with E-state index in [0.29, 0.717) is 6.04 Å². The van der Waals surface area contributed by atoms with Crippen molar-refractivity contribution in [1.82, 2.24) is 15.5 Å². The van der Waals surface area contributed by atoms with Crippen molar-refractivity contribution in [3.63, 3.8) is 0 Å². The highest BCUT2D eigenvalue weighted by Crippen LogP contribution is 2.42. The van der Waals surface area contributed by atoms with Gasteiger partial charge in [0.25, 0.3) is 0 Å². The fourth-order valence-corrected chi connectivity index (χ4v) is 2.78. The Hall–Kier alpha value is -0.480. The Morgan fingerprint density at radius 1 is 1.40 bits per heavy atom. The normalized spacial score (nSPS) is 18.0. The SMILES string of the molecule is CCCNC(CC)c1nnc(C2CC2)s1. The van der Waals surface area contributed by atoms with Gasteiger partial charge < -0.3 is 5.32 Å². The molecule has 1 unspecified atom stereocenters. The van der Waals surface area contributed by atoms with Crippen molar-refractivity contribution in [3.8, 4) is 0 Å². The van der Waals surface area contributed by atoms with Crippen LogP contribution in [-0.4, -0.2) is 16.7 Å². The summed E-state index contributed by atoms with van der Waals surface area (Å²) in [6.45, 7) is 5.46. The molecule has 1 aliphatic carbocycles. The molecule has 4 heteroatoms. The van der Waals surface area contributed by atoms with Gasteiger partial charge in [-0.1, -0.05) is 25.2 Å². The lowest BCUT2D eigenvalue weighted by atomic mass is 10.2. The Kier molecular flexibility index (Phi) is 3.70. The molecule has 1 fully saturated rings. The predicted molar refractivity (Wildman–Crippen MR) is 63.2 cm³/mol. The largest absolute Gasteiger partial charge is 0.308 e. The van der Waals surface area contributed by atoms with E-state index in [4.69, 9.17) is 0 Å². The van der Waals surface area contributed by atoms with E-state index in [1.807, 2.05) is 0 Å². The first-order chi connectivity index (χ1) is 7.35. The number of aromatic nitrogens is 2. The van der Waals surface area contributed by atoms with Crippen LogP contribution in [0.4, 0.5) is 0 Å². The molecule has 1 N–H and O–H groups in total. The van der Waals surface area contributed by atoms with Crippen molar-refractivity contribution in [2.24, 2.45) is 0 Å². The average molecular weight is 225 g/mol. The Morgan fingerprint density at radius 2 is 2.20 bits per heavy atom. The highest BCUT2D eigenvalue weighted by Gasteiger charge is 2.28. The van der Waals surface area contributed by atoms with Gasteiger partial charge in [0.15, 0.2) is 0 Å². The van der Waals surface area contributed by atoms with Crippen LogP contribution in [-0.2, 0) is 0 Å². The molecule has 0 saturated heterocycles. The number of hydrogen-bond donors (Lipinski definition) is 1. The molecule has 2 rings (SSSR count). The molecule has 0 bridgehead atoms. The van der Waals surface area contributed by atoms with E-state index in [2.05, 4.69) is 29.4 Å². The van der Waals surface area contributed by atoms with E-state index < -0.39 is 0 Å². The Balaban J connectivity index is 1.98. The van der Waals surface area contributed by atoms with E-state index in [-0.39, 0.29) is 0 Å². The summed E-state index contributed by atoms with van der Waals surface area (Å²) in [6, 6.07) is 0.412. The van der Waals surface area contributed by atoms with E-state index in [9.17, 15) is 0 Å². The minimum Gasteiger partial charge on any atom is -0.308 e. The van der Waals surface area contributed by atoms with Crippen molar-refractivity contribution in [2.45, 2.75) is 51.5 Å². The summed E-state index contributed by atoms with van der Waals surface area (Å²) in [5.41, 5.74) is 0. The molecule has 3 nitrogen and oxygen atoms in total. The lowest BCUT2D eigenvalue weighted by Crippen LogP contribution is -2.21. The molecular weight excluding hydrogens is 206 g/mol. The van der Waals surface area contributed by atoms with Gasteiger partial charge in [-0.25, -0.2) is 0 Å². The highest BCUT2D eigenvalue weighted by atomic mass is 32.1. The maximum absolute atomic E-state index is 4.31. The lowest BCUT2D eigenvalue weighted by molar-refractivity contribution is 0.513. The van der Waals surface area contributed by atoms with Gasteiger partial charge in [0.2, 0.25) is 0 Å². The summed E-state index contributed by atoms with van der Waals surface area (Å²) >= 11 is 1.80. The van der Waals surface area contributed by atoms with E-state index in [0.717, 1.165) is 18.9 Å². The van der Waals surface area contributed by atoms with Crippen LogP contribution >= 0.6 is 11.3 Å². The van der Waals surface area contributed by atoms with E-state index in [1.165, 1.54) is 29.3 Å². The molecule has 1 atom stereocenters. The van der Waals surface area contributed by atoms with Crippen LogP contribution in [0.3, 0.4) is 0 Å². The van der Waals surface area contributed by atoms with Gasteiger partial charge in [-0.05, 0) is 32.2 Å². The Bertz CT molecular complexity index is 307. The molecule has 84 valence electrons. The molecule has 0 spiro atoms. The summed E-state index contributed by atoms with van der Waals surface area (Å²) in [5.74, 6) is 0.736. The first-order valence-electron chi connectivity index (χ1n) is 5.91. The van der Waals surface area contributed by atoms with Crippen molar-refractivity contribution >= 4 is 11.3 Å². The third-order valence-electron chi connectivity index (χ3n) is 2.73. The molecule has 1 saturated carbocycles. The zero-order valence-electron chi connectivity index (χ0n) is 9.49. The maximum atomic E-state index is 4.31. The molecular formula is C11H19N3S. The standard InChI is InChI=1S/C11H19N3S/c1-3-7-12-9(4-2)11-14-13-10(15-11)8-5-6-8/h8-9,12H,3-7H2,1-2H3. The van der Waals surface area contributed by atoms with Crippen LogP contribution in [0, 0.1) is 0 Å². The predicted octanol–water partition coefficient (Wildman–Crippen LogP) is 2.87. The summed E-state index contributed by atoms with van der Waals surface area (Å²) in [5, 5.41) is 14.5. The number of nitrogens with one attached hydrogen (secondary N) is 1. The Morgan fingerprint density at radius 3 is 2.80 bits per heavy atom. The van der Waals surface area contributed by atoms with Crippen LogP contribution < -0.4 is 5.32 Å². The topological polar surface area (TPSA) is 37.8 Å². The minimum atomic E-state index is 0.412. The van der Waals surface area contributed by atoms with Crippen LogP contribution in [0.15, 0.2) is 0 Å². The van der Waals surface area contributed by atoms with E-state index in [1.54, 1.807) is 11.3 Å². The highest BCUT2D eigenvalue weighted by molar-refractivity contribution is 7.11. The van der Waals surface area contributed by atoms with Gasteiger partial charge in [-0.15, -0.1) is 10.2 Å². The number of rotatable bonds is 6. The quantitative estimate of drug-likeness (QED) is 0.809. The third-order valence-corrected chi connectivity index (χ3v) is 3.93. The van der Waals surface area contributed by atoms with Gasteiger partial charge in [0.1, 0.15) is 10.0 Å². The second kappa shape index (κ2) is 5.03. The second-order valence-electron chi connectivity index (χ2n) is 4.17. The van der Waals surface area contributed by atoms with Crippen LogP contribution in [0.25, 0.3) is 0 Å². The summed E-state index contributed by atoms with van der Waals surface area (Å²) in [7, 11) is 0. The fraction of sp³-hybridized carbons (Fsp3) is 0.818.